The van der Waals surface area contributed by atoms with Crippen molar-refractivity contribution < 1.29 is 37.3 Å². The number of nitrogens with zero attached hydrogens (tertiary/aromatic N) is 2. The maximum absolute atomic E-state index is 15.2. The third-order valence-corrected chi connectivity index (χ3v) is 8.65. The van der Waals surface area contributed by atoms with Crippen molar-refractivity contribution in [2.24, 2.45) is 0 Å². The van der Waals surface area contributed by atoms with Gasteiger partial charge in [0.2, 0.25) is 5.91 Å². The number of amides is 2. The van der Waals surface area contributed by atoms with Gasteiger partial charge in [0.25, 0.3) is 0 Å². The van der Waals surface area contributed by atoms with Crippen molar-refractivity contribution >= 4 is 29.3 Å². The highest BCUT2D eigenvalue weighted by Gasteiger charge is 2.40. The van der Waals surface area contributed by atoms with Gasteiger partial charge in [-0.1, -0.05) is 23.7 Å². The Morgan fingerprint density at radius 2 is 1.80 bits per heavy atom. The van der Waals surface area contributed by atoms with E-state index in [9.17, 15) is 23.5 Å². The van der Waals surface area contributed by atoms with Gasteiger partial charge in [0.05, 0.1) is 29.8 Å². The summed E-state index contributed by atoms with van der Waals surface area (Å²) in [7, 11) is 1.18. The Hall–Kier alpha value is -3.71. The van der Waals surface area contributed by atoms with E-state index in [0.29, 0.717) is 49.4 Å². The number of benzene rings is 2. The smallest absolute Gasteiger partial charge is 0.407 e. The molecule has 1 aromatic heterocycles. The van der Waals surface area contributed by atoms with Crippen LogP contribution in [0.3, 0.4) is 0 Å². The molecule has 2 saturated heterocycles. The van der Waals surface area contributed by atoms with Crippen LogP contribution in [0.1, 0.15) is 41.9 Å². The minimum Gasteiger partial charge on any atom is -0.465 e. The number of nitrogens with one attached hydrogen (secondary N) is 2. The van der Waals surface area contributed by atoms with Crippen molar-refractivity contribution in [3.8, 4) is 0 Å². The summed E-state index contributed by atoms with van der Waals surface area (Å²) < 4.78 is 56.0. The number of carboxylic acid groups (broad SMARTS) is 1. The molecule has 2 aromatic carbocycles. The van der Waals surface area contributed by atoms with E-state index in [-0.39, 0.29) is 34.9 Å². The van der Waals surface area contributed by atoms with Gasteiger partial charge in [-0.05, 0) is 48.2 Å². The first-order valence-electron chi connectivity index (χ1n) is 14.6. The SMILES string of the molecule is CN(C(=O)O)[C@H](C(=O)Nc1cncc(F)c1CC[C@@H]1CNCC2(CCOCC2)O1)[C@@H](c1ccc(Cl)cc1)c1cc(F)cc(F)c1. The van der Waals surface area contributed by atoms with E-state index in [1.54, 1.807) is 12.1 Å². The van der Waals surface area contributed by atoms with Gasteiger partial charge in [-0.25, -0.2) is 18.0 Å². The minimum absolute atomic E-state index is 0.0182. The molecule has 2 fully saturated rings. The quantitative estimate of drug-likeness (QED) is 0.287. The third kappa shape index (κ3) is 7.75. The Morgan fingerprint density at radius 1 is 1.11 bits per heavy atom. The number of halogens is 4. The first-order chi connectivity index (χ1) is 21.5. The average Bonchev–Trinajstić information content (AvgIpc) is 2.99. The van der Waals surface area contributed by atoms with E-state index < -0.39 is 41.4 Å². The topological polar surface area (TPSA) is 113 Å². The summed E-state index contributed by atoms with van der Waals surface area (Å²) in [5.41, 5.74) is 0.277. The summed E-state index contributed by atoms with van der Waals surface area (Å²) in [6, 6.07) is 7.36. The van der Waals surface area contributed by atoms with Crippen molar-refractivity contribution in [2.45, 2.75) is 49.3 Å². The molecule has 3 N–H and O–H groups in total. The number of hydrogen-bond donors (Lipinski definition) is 3. The number of likely N-dealkylation sites (N-methyl/N-ethyl adjacent to an activating group) is 1. The van der Waals surface area contributed by atoms with Crippen LogP contribution in [0.5, 0.6) is 0 Å². The summed E-state index contributed by atoms with van der Waals surface area (Å²) >= 11 is 6.07. The molecular formula is C32H34ClF3N4O5. The molecule has 3 aromatic rings. The van der Waals surface area contributed by atoms with Crippen LogP contribution in [-0.4, -0.2) is 78.1 Å². The predicted molar refractivity (Wildman–Crippen MR) is 161 cm³/mol. The van der Waals surface area contributed by atoms with Gasteiger partial charge in [0, 0.05) is 68.8 Å². The first kappa shape index (κ1) is 32.7. The molecule has 1 spiro atoms. The molecule has 0 unspecified atom stereocenters. The lowest BCUT2D eigenvalue weighted by Gasteiger charge is -2.44. The van der Waals surface area contributed by atoms with Crippen LogP contribution in [0.4, 0.5) is 23.7 Å². The molecule has 3 heterocycles. The number of hydrogen-bond acceptors (Lipinski definition) is 6. The van der Waals surface area contributed by atoms with Gasteiger partial charge >= 0.3 is 6.09 Å². The molecule has 0 aliphatic carbocycles. The van der Waals surface area contributed by atoms with Crippen molar-refractivity contribution in [3.63, 3.8) is 0 Å². The molecule has 2 amide bonds. The minimum atomic E-state index is -1.54. The van der Waals surface area contributed by atoms with Gasteiger partial charge in [-0.15, -0.1) is 0 Å². The summed E-state index contributed by atoms with van der Waals surface area (Å²) in [5, 5.41) is 16.4. The van der Waals surface area contributed by atoms with Crippen LogP contribution in [-0.2, 0) is 20.7 Å². The van der Waals surface area contributed by atoms with E-state index in [1.165, 1.54) is 25.4 Å². The number of morpholine rings is 1. The second-order valence-electron chi connectivity index (χ2n) is 11.4. The van der Waals surface area contributed by atoms with Crippen molar-refractivity contribution in [1.82, 2.24) is 15.2 Å². The number of rotatable bonds is 9. The molecule has 13 heteroatoms. The molecule has 240 valence electrons. The Bertz CT molecular complexity index is 1500. The summed E-state index contributed by atoms with van der Waals surface area (Å²) in [5.74, 6) is -4.48. The maximum Gasteiger partial charge on any atom is 0.407 e. The highest BCUT2D eigenvalue weighted by molar-refractivity contribution is 6.30. The number of carbonyl (C=O) groups is 2. The van der Waals surface area contributed by atoms with Crippen LogP contribution >= 0.6 is 11.6 Å². The predicted octanol–water partition coefficient (Wildman–Crippen LogP) is 5.37. The Kier molecular flexibility index (Phi) is 10.3. The van der Waals surface area contributed by atoms with E-state index in [1.807, 2.05) is 0 Å². The fourth-order valence-corrected chi connectivity index (χ4v) is 6.21. The highest BCUT2D eigenvalue weighted by Crippen LogP contribution is 2.35. The van der Waals surface area contributed by atoms with E-state index >= 15 is 4.39 Å². The number of ether oxygens (including phenoxy) is 2. The van der Waals surface area contributed by atoms with Crippen molar-refractivity contribution in [2.75, 3.05) is 38.7 Å². The molecule has 9 nitrogen and oxygen atoms in total. The largest absolute Gasteiger partial charge is 0.465 e. The molecule has 0 saturated carbocycles. The van der Waals surface area contributed by atoms with Gasteiger partial charge < -0.3 is 25.2 Å². The number of aromatic nitrogens is 1. The lowest BCUT2D eigenvalue weighted by atomic mass is 9.83. The van der Waals surface area contributed by atoms with Crippen LogP contribution in [0.2, 0.25) is 5.02 Å². The normalized spacial score (nSPS) is 19.1. The zero-order valence-corrected chi connectivity index (χ0v) is 25.3. The Balaban J connectivity index is 1.44. The summed E-state index contributed by atoms with van der Waals surface area (Å²) in [6.45, 7) is 2.50. The summed E-state index contributed by atoms with van der Waals surface area (Å²) in [6.07, 6.45) is 2.79. The monoisotopic (exact) mass is 646 g/mol. The molecule has 3 atom stereocenters. The maximum atomic E-state index is 15.2. The Morgan fingerprint density at radius 3 is 2.47 bits per heavy atom. The average molecular weight is 647 g/mol. The first-order valence-corrected chi connectivity index (χ1v) is 15.0. The Labute approximate surface area is 263 Å². The fraction of sp³-hybridized carbons (Fsp3) is 0.406. The number of anilines is 1. The van der Waals surface area contributed by atoms with Crippen LogP contribution in [0, 0.1) is 17.5 Å². The lowest BCUT2D eigenvalue weighted by Crippen LogP contribution is -2.56. The number of carbonyl (C=O) groups excluding carboxylic acids is 1. The van der Waals surface area contributed by atoms with Gasteiger partial charge in [0.15, 0.2) is 0 Å². The van der Waals surface area contributed by atoms with Gasteiger partial charge in [-0.3, -0.25) is 14.7 Å². The zero-order valence-electron chi connectivity index (χ0n) is 24.6. The zero-order chi connectivity index (χ0) is 32.1. The molecular weight excluding hydrogens is 613 g/mol. The standard InChI is InChI=1S/C32H34ClF3N4O5/c1-40(31(42)43)29(28(19-2-4-21(33)5-3-19)20-12-22(34)14-23(35)13-20)30(41)39-27-17-37-16-26(36)25(27)7-6-24-15-38-18-32(45-24)8-10-44-11-9-32/h2-5,12-14,16-17,24,28-29,38H,6-11,15,18H2,1H3,(H,39,41)(H,42,43)/t24-,28+,29+/m1/s1. The van der Waals surface area contributed by atoms with Crippen molar-refractivity contribution in [1.29, 1.82) is 0 Å². The molecule has 2 aliphatic rings. The number of pyridine rings is 1. The third-order valence-electron chi connectivity index (χ3n) is 8.40. The van der Waals surface area contributed by atoms with E-state index in [4.69, 9.17) is 21.1 Å². The van der Waals surface area contributed by atoms with Crippen LogP contribution in [0.15, 0.2) is 54.9 Å². The molecule has 0 radical (unpaired) electrons. The van der Waals surface area contributed by atoms with E-state index in [0.717, 1.165) is 36.1 Å². The molecule has 0 bridgehead atoms. The fourth-order valence-electron chi connectivity index (χ4n) is 6.08. The molecule has 5 rings (SSSR count). The second kappa shape index (κ2) is 14.2. The van der Waals surface area contributed by atoms with Crippen LogP contribution < -0.4 is 10.6 Å². The second-order valence-corrected chi connectivity index (χ2v) is 11.8. The highest BCUT2D eigenvalue weighted by atomic mass is 35.5. The lowest BCUT2D eigenvalue weighted by molar-refractivity contribution is -0.160. The summed E-state index contributed by atoms with van der Waals surface area (Å²) in [4.78, 5) is 30.9. The molecule has 2 aliphatic heterocycles. The van der Waals surface area contributed by atoms with Gasteiger partial charge in [-0.2, -0.15) is 0 Å². The van der Waals surface area contributed by atoms with Crippen LogP contribution in [0.25, 0.3) is 0 Å². The molecule has 45 heavy (non-hydrogen) atoms. The van der Waals surface area contributed by atoms with Crippen molar-refractivity contribution in [3.05, 3.63) is 94.0 Å². The van der Waals surface area contributed by atoms with E-state index in [2.05, 4.69) is 15.6 Å². The van der Waals surface area contributed by atoms with Gasteiger partial charge in [0.1, 0.15) is 23.5 Å².